The summed E-state index contributed by atoms with van der Waals surface area (Å²) < 4.78 is 0. The summed E-state index contributed by atoms with van der Waals surface area (Å²) in [5, 5.41) is 0. The summed E-state index contributed by atoms with van der Waals surface area (Å²) in [4.78, 5) is 21.6. The smallest absolute Gasteiger partial charge is 0.248 e. The quantitative estimate of drug-likeness (QED) is 0.846. The average Bonchev–Trinajstić information content (AvgIpc) is 2.18. The molecule has 1 amide bonds. The van der Waals surface area contributed by atoms with Gasteiger partial charge in [-0.3, -0.25) is 9.59 Å². The van der Waals surface area contributed by atoms with Crippen molar-refractivity contribution in [3.63, 3.8) is 0 Å². The second kappa shape index (κ2) is 5.07. The lowest BCUT2D eigenvalue weighted by Gasteiger charge is -2.05. The van der Waals surface area contributed by atoms with E-state index in [9.17, 15) is 9.59 Å². The number of hydrogen-bond donors (Lipinski definition) is 1. The van der Waals surface area contributed by atoms with E-state index < -0.39 is 5.91 Å². The summed E-state index contributed by atoms with van der Waals surface area (Å²) in [5.74, 6) is -0.350. The van der Waals surface area contributed by atoms with E-state index >= 15 is 0 Å². The van der Waals surface area contributed by atoms with E-state index in [2.05, 4.69) is 15.9 Å². The number of amides is 1. The molecule has 0 saturated heterocycles. The zero-order valence-electron chi connectivity index (χ0n) is 8.37. The van der Waals surface area contributed by atoms with Crippen molar-refractivity contribution in [3.8, 4) is 0 Å². The molecule has 0 saturated carbocycles. The van der Waals surface area contributed by atoms with Crippen molar-refractivity contribution in [2.24, 2.45) is 5.73 Å². The van der Waals surface area contributed by atoms with Gasteiger partial charge in [-0.25, -0.2) is 0 Å². The van der Waals surface area contributed by atoms with E-state index in [1.54, 1.807) is 24.3 Å². The maximum absolute atomic E-state index is 11.0. The summed E-state index contributed by atoms with van der Waals surface area (Å²) in [7, 11) is 0. The highest BCUT2D eigenvalue weighted by molar-refractivity contribution is 9.10. The first-order valence-corrected chi connectivity index (χ1v) is 5.45. The standard InChI is InChI=1S/C11H12BrNO2/c1-7(14)10(12)6-8-2-4-9(5-3-8)11(13)15/h2-5,10H,6H2,1H3,(H2,13,15). The highest BCUT2D eigenvalue weighted by Crippen LogP contribution is 2.12. The van der Waals surface area contributed by atoms with Gasteiger partial charge in [-0.05, 0) is 31.0 Å². The maximum atomic E-state index is 11.0. The fourth-order valence-corrected chi connectivity index (χ4v) is 1.53. The number of nitrogens with two attached hydrogens (primary N) is 1. The Kier molecular flexibility index (Phi) is 4.03. The van der Waals surface area contributed by atoms with Crippen LogP contribution >= 0.6 is 15.9 Å². The van der Waals surface area contributed by atoms with Gasteiger partial charge in [0.25, 0.3) is 0 Å². The molecule has 2 N–H and O–H groups in total. The fraction of sp³-hybridized carbons (Fsp3) is 0.273. The van der Waals surface area contributed by atoms with Crippen LogP contribution in [0, 0.1) is 0 Å². The number of carbonyl (C=O) groups is 2. The minimum Gasteiger partial charge on any atom is -0.366 e. The van der Waals surface area contributed by atoms with E-state index in [4.69, 9.17) is 5.73 Å². The van der Waals surface area contributed by atoms with E-state index in [-0.39, 0.29) is 10.6 Å². The monoisotopic (exact) mass is 269 g/mol. The molecule has 0 aliphatic heterocycles. The molecule has 0 aliphatic rings. The van der Waals surface area contributed by atoms with Gasteiger partial charge in [0.15, 0.2) is 0 Å². The maximum Gasteiger partial charge on any atom is 0.248 e. The molecule has 0 heterocycles. The Morgan fingerprint density at radius 1 is 1.33 bits per heavy atom. The summed E-state index contributed by atoms with van der Waals surface area (Å²) in [6.07, 6.45) is 0.619. The Balaban J connectivity index is 2.72. The number of carbonyl (C=O) groups excluding carboxylic acids is 2. The minimum atomic E-state index is -0.441. The number of hydrogen-bond acceptors (Lipinski definition) is 2. The lowest BCUT2D eigenvalue weighted by Crippen LogP contribution is -2.13. The molecule has 15 heavy (non-hydrogen) atoms. The molecule has 0 radical (unpaired) electrons. The van der Waals surface area contributed by atoms with Crippen molar-refractivity contribution in [1.29, 1.82) is 0 Å². The van der Waals surface area contributed by atoms with Gasteiger partial charge in [0.05, 0.1) is 4.83 Å². The van der Waals surface area contributed by atoms with Crippen LogP contribution in [-0.4, -0.2) is 16.5 Å². The first kappa shape index (κ1) is 11.9. The van der Waals surface area contributed by atoms with Gasteiger partial charge >= 0.3 is 0 Å². The molecule has 0 bridgehead atoms. The van der Waals surface area contributed by atoms with Crippen molar-refractivity contribution < 1.29 is 9.59 Å². The third-order valence-electron chi connectivity index (χ3n) is 2.09. The van der Waals surface area contributed by atoms with Crippen LogP contribution in [-0.2, 0) is 11.2 Å². The van der Waals surface area contributed by atoms with Crippen LogP contribution < -0.4 is 5.73 Å². The molecule has 0 aliphatic carbocycles. The highest BCUT2D eigenvalue weighted by Gasteiger charge is 2.10. The lowest BCUT2D eigenvalue weighted by molar-refractivity contribution is -0.116. The van der Waals surface area contributed by atoms with Crippen molar-refractivity contribution >= 4 is 27.6 Å². The Hall–Kier alpha value is -1.16. The summed E-state index contributed by atoms with van der Waals surface area (Å²) in [5.41, 5.74) is 6.59. The first-order chi connectivity index (χ1) is 7.00. The summed E-state index contributed by atoms with van der Waals surface area (Å²) >= 11 is 3.29. The Morgan fingerprint density at radius 3 is 2.27 bits per heavy atom. The molecule has 1 aromatic carbocycles. The summed E-state index contributed by atoms with van der Waals surface area (Å²) in [6.45, 7) is 1.54. The Morgan fingerprint density at radius 2 is 1.87 bits per heavy atom. The van der Waals surface area contributed by atoms with Crippen LogP contribution in [0.4, 0.5) is 0 Å². The number of Topliss-reactive ketones (excluding diaryl/α,β-unsaturated/α-hetero) is 1. The molecular formula is C11H12BrNO2. The zero-order chi connectivity index (χ0) is 11.4. The second-order valence-corrected chi connectivity index (χ2v) is 4.45. The fourth-order valence-electron chi connectivity index (χ4n) is 1.16. The molecule has 0 spiro atoms. The Bertz CT molecular complexity index is 373. The number of primary amides is 1. The van der Waals surface area contributed by atoms with Crippen molar-refractivity contribution in [1.82, 2.24) is 0 Å². The average molecular weight is 270 g/mol. The number of halogens is 1. The molecule has 0 aromatic heterocycles. The van der Waals surface area contributed by atoms with E-state index in [1.165, 1.54) is 6.92 Å². The van der Waals surface area contributed by atoms with Gasteiger partial charge in [0.2, 0.25) is 5.91 Å². The zero-order valence-corrected chi connectivity index (χ0v) is 9.95. The highest BCUT2D eigenvalue weighted by atomic mass is 79.9. The first-order valence-electron chi connectivity index (χ1n) is 4.54. The summed E-state index contributed by atoms with van der Waals surface area (Å²) in [6, 6.07) is 6.93. The molecule has 80 valence electrons. The van der Waals surface area contributed by atoms with Crippen LogP contribution in [0.15, 0.2) is 24.3 Å². The SMILES string of the molecule is CC(=O)C(Br)Cc1ccc(C(N)=O)cc1. The number of ketones is 1. The van der Waals surface area contributed by atoms with Crippen LogP contribution in [0.25, 0.3) is 0 Å². The normalized spacial score (nSPS) is 12.1. The molecule has 0 fully saturated rings. The predicted octanol–water partition coefficient (Wildman–Crippen LogP) is 1.68. The largest absolute Gasteiger partial charge is 0.366 e. The third-order valence-corrected chi connectivity index (χ3v) is 3.06. The van der Waals surface area contributed by atoms with Gasteiger partial charge in [-0.2, -0.15) is 0 Å². The van der Waals surface area contributed by atoms with Crippen molar-refractivity contribution in [3.05, 3.63) is 35.4 Å². The van der Waals surface area contributed by atoms with Gasteiger partial charge in [-0.15, -0.1) is 0 Å². The van der Waals surface area contributed by atoms with Gasteiger partial charge in [0.1, 0.15) is 5.78 Å². The molecule has 3 nitrogen and oxygen atoms in total. The van der Waals surface area contributed by atoms with E-state index in [1.807, 2.05) is 0 Å². The number of benzene rings is 1. The van der Waals surface area contributed by atoms with Crippen LogP contribution in [0.3, 0.4) is 0 Å². The molecule has 1 aromatic rings. The topological polar surface area (TPSA) is 60.2 Å². The van der Waals surface area contributed by atoms with Crippen LogP contribution in [0.2, 0.25) is 0 Å². The van der Waals surface area contributed by atoms with Crippen LogP contribution in [0.1, 0.15) is 22.8 Å². The number of alkyl halides is 1. The Labute approximate surface area is 96.8 Å². The minimum absolute atomic E-state index is 0.0916. The molecule has 4 heteroatoms. The third kappa shape index (κ3) is 3.47. The second-order valence-electron chi connectivity index (χ2n) is 3.34. The van der Waals surface area contributed by atoms with Gasteiger partial charge in [-0.1, -0.05) is 28.1 Å². The van der Waals surface area contributed by atoms with E-state index in [0.717, 1.165) is 5.56 Å². The van der Waals surface area contributed by atoms with Gasteiger partial charge < -0.3 is 5.73 Å². The molecule has 1 rings (SSSR count). The van der Waals surface area contributed by atoms with Crippen molar-refractivity contribution in [2.45, 2.75) is 18.2 Å². The van der Waals surface area contributed by atoms with E-state index in [0.29, 0.717) is 12.0 Å². The predicted molar refractivity (Wildman–Crippen MR) is 62.1 cm³/mol. The number of rotatable bonds is 4. The lowest BCUT2D eigenvalue weighted by atomic mass is 10.1. The van der Waals surface area contributed by atoms with Crippen molar-refractivity contribution in [2.75, 3.05) is 0 Å². The van der Waals surface area contributed by atoms with Crippen LogP contribution in [0.5, 0.6) is 0 Å². The molecule has 1 unspecified atom stereocenters. The molecular weight excluding hydrogens is 258 g/mol. The van der Waals surface area contributed by atoms with Gasteiger partial charge in [0, 0.05) is 5.56 Å². The molecule has 1 atom stereocenters.